The minimum atomic E-state index is 0.249. The van der Waals surface area contributed by atoms with Gasteiger partial charge in [-0.1, -0.05) is 0 Å². The van der Waals surface area contributed by atoms with Gasteiger partial charge in [-0.3, -0.25) is 4.90 Å². The van der Waals surface area contributed by atoms with Crippen LogP contribution in [0.4, 0.5) is 0 Å². The fraction of sp³-hybridized carbons (Fsp3) is 0.769. The topological polar surface area (TPSA) is 53.3 Å². The van der Waals surface area contributed by atoms with Gasteiger partial charge in [0.2, 0.25) is 0 Å². The van der Waals surface area contributed by atoms with Crippen molar-refractivity contribution in [1.82, 2.24) is 19.8 Å². The molecule has 5 heteroatoms. The number of rotatable bonds is 6. The molecule has 0 spiro atoms. The first-order chi connectivity index (χ1) is 8.85. The van der Waals surface area contributed by atoms with Crippen molar-refractivity contribution in [2.75, 3.05) is 19.7 Å². The normalized spacial score (nSPS) is 21.8. The first kappa shape index (κ1) is 12.1. The van der Waals surface area contributed by atoms with Crippen LogP contribution in [0.2, 0.25) is 0 Å². The van der Waals surface area contributed by atoms with E-state index in [4.69, 9.17) is 0 Å². The van der Waals surface area contributed by atoms with Crippen LogP contribution >= 0.6 is 0 Å². The number of hydrogen-bond donors (Lipinski definition) is 2. The van der Waals surface area contributed by atoms with E-state index in [2.05, 4.69) is 26.0 Å². The van der Waals surface area contributed by atoms with E-state index in [0.717, 1.165) is 38.4 Å². The molecule has 3 rings (SSSR count). The van der Waals surface area contributed by atoms with Crippen molar-refractivity contribution in [3.8, 4) is 0 Å². The maximum absolute atomic E-state index is 9.36. The highest BCUT2D eigenvalue weighted by Crippen LogP contribution is 2.20. The number of fused-ring (bicyclic) bond motifs is 1. The number of nitrogens with one attached hydrogen (secondary N) is 1. The second-order valence-electron chi connectivity index (χ2n) is 5.42. The van der Waals surface area contributed by atoms with Crippen molar-refractivity contribution in [2.24, 2.45) is 0 Å². The molecule has 18 heavy (non-hydrogen) atoms. The number of imidazole rings is 1. The molecule has 1 aromatic heterocycles. The van der Waals surface area contributed by atoms with E-state index in [0.29, 0.717) is 6.04 Å². The van der Waals surface area contributed by atoms with Crippen molar-refractivity contribution in [3.63, 3.8) is 0 Å². The summed E-state index contributed by atoms with van der Waals surface area (Å²) in [5, 5.41) is 12.9. The van der Waals surface area contributed by atoms with Gasteiger partial charge in [0.25, 0.3) is 0 Å². The molecule has 1 aromatic rings. The van der Waals surface area contributed by atoms with Gasteiger partial charge in [0.15, 0.2) is 0 Å². The summed E-state index contributed by atoms with van der Waals surface area (Å²) < 4.78 is 2.22. The first-order valence-electron chi connectivity index (χ1n) is 6.94. The Hall–Kier alpha value is -0.910. The molecule has 0 radical (unpaired) electrons. The Morgan fingerprint density at radius 3 is 3.11 bits per heavy atom. The van der Waals surface area contributed by atoms with E-state index >= 15 is 0 Å². The highest BCUT2D eigenvalue weighted by Gasteiger charge is 2.25. The van der Waals surface area contributed by atoms with Gasteiger partial charge in [0, 0.05) is 44.1 Å². The zero-order valence-electron chi connectivity index (χ0n) is 10.8. The van der Waals surface area contributed by atoms with Gasteiger partial charge < -0.3 is 15.0 Å². The van der Waals surface area contributed by atoms with Crippen LogP contribution in [0.3, 0.4) is 0 Å². The third kappa shape index (κ3) is 2.91. The Kier molecular flexibility index (Phi) is 3.63. The summed E-state index contributed by atoms with van der Waals surface area (Å²) in [5.74, 6) is 1.16. The van der Waals surface area contributed by atoms with Crippen molar-refractivity contribution >= 4 is 0 Å². The lowest BCUT2D eigenvalue weighted by molar-refractivity contribution is 0.181. The molecular weight excluding hydrogens is 228 g/mol. The van der Waals surface area contributed by atoms with Crippen LogP contribution in [0.25, 0.3) is 0 Å². The van der Waals surface area contributed by atoms with Crippen LogP contribution in [0.15, 0.2) is 12.4 Å². The summed E-state index contributed by atoms with van der Waals surface area (Å²) in [6, 6.07) is 0.932. The van der Waals surface area contributed by atoms with Crippen LogP contribution in [-0.4, -0.2) is 51.3 Å². The van der Waals surface area contributed by atoms with Gasteiger partial charge in [0.1, 0.15) is 5.82 Å². The summed E-state index contributed by atoms with van der Waals surface area (Å²) in [6.45, 7) is 4.35. The average Bonchev–Trinajstić information content (AvgIpc) is 3.09. The highest BCUT2D eigenvalue weighted by atomic mass is 16.3. The predicted molar refractivity (Wildman–Crippen MR) is 69.2 cm³/mol. The lowest BCUT2D eigenvalue weighted by Gasteiger charge is -2.29. The molecule has 1 atom stereocenters. The van der Waals surface area contributed by atoms with Gasteiger partial charge in [-0.2, -0.15) is 0 Å². The minimum Gasteiger partial charge on any atom is -0.395 e. The molecule has 1 aliphatic carbocycles. The summed E-state index contributed by atoms with van der Waals surface area (Å²) >= 11 is 0. The quantitative estimate of drug-likeness (QED) is 0.757. The number of aromatic nitrogens is 2. The van der Waals surface area contributed by atoms with E-state index in [1.54, 1.807) is 0 Å². The second-order valence-corrected chi connectivity index (χ2v) is 5.42. The number of aliphatic hydroxyl groups excluding tert-OH is 1. The summed E-state index contributed by atoms with van der Waals surface area (Å²) in [4.78, 5) is 6.80. The molecule has 1 saturated carbocycles. The molecule has 100 valence electrons. The molecular formula is C13H22N4O. The van der Waals surface area contributed by atoms with Crippen molar-refractivity contribution in [1.29, 1.82) is 0 Å². The molecule has 2 heterocycles. The van der Waals surface area contributed by atoms with E-state index in [1.165, 1.54) is 12.8 Å². The molecule has 0 saturated heterocycles. The summed E-state index contributed by atoms with van der Waals surface area (Å²) in [6.07, 6.45) is 7.50. The molecule has 0 bridgehead atoms. The first-order valence-corrected chi connectivity index (χ1v) is 6.94. The van der Waals surface area contributed by atoms with E-state index < -0.39 is 0 Å². The zero-order valence-corrected chi connectivity index (χ0v) is 10.8. The van der Waals surface area contributed by atoms with Gasteiger partial charge >= 0.3 is 0 Å². The SMILES string of the molecule is OCC(CCN1CCn2ccnc2C1)NC1CC1. The Morgan fingerprint density at radius 2 is 2.33 bits per heavy atom. The molecule has 1 aliphatic heterocycles. The zero-order chi connectivity index (χ0) is 12.4. The van der Waals surface area contributed by atoms with Crippen LogP contribution < -0.4 is 5.32 Å². The third-order valence-electron chi connectivity index (χ3n) is 3.89. The van der Waals surface area contributed by atoms with Crippen LogP contribution in [0.5, 0.6) is 0 Å². The third-order valence-corrected chi connectivity index (χ3v) is 3.89. The van der Waals surface area contributed by atoms with Crippen molar-refractivity contribution in [2.45, 2.75) is 44.4 Å². The Bertz CT molecular complexity index is 388. The van der Waals surface area contributed by atoms with Gasteiger partial charge in [-0.15, -0.1) is 0 Å². The summed E-state index contributed by atoms with van der Waals surface area (Å²) in [5.41, 5.74) is 0. The van der Waals surface area contributed by atoms with Crippen LogP contribution in [-0.2, 0) is 13.1 Å². The molecule has 1 fully saturated rings. The standard InChI is InChI=1S/C13H22N4O/c18-10-12(15-11-1-2-11)3-5-16-7-8-17-6-4-14-13(17)9-16/h4,6,11-12,15,18H,1-3,5,7-10H2. The van der Waals surface area contributed by atoms with Gasteiger partial charge in [0.05, 0.1) is 13.2 Å². The minimum absolute atomic E-state index is 0.249. The Morgan fingerprint density at radius 1 is 1.44 bits per heavy atom. The number of nitrogens with zero attached hydrogens (tertiary/aromatic N) is 3. The second kappa shape index (κ2) is 5.38. The summed E-state index contributed by atoms with van der Waals surface area (Å²) in [7, 11) is 0. The van der Waals surface area contributed by atoms with E-state index in [9.17, 15) is 5.11 Å². The van der Waals surface area contributed by atoms with E-state index in [-0.39, 0.29) is 12.6 Å². The molecule has 5 nitrogen and oxygen atoms in total. The molecule has 1 unspecified atom stereocenters. The van der Waals surface area contributed by atoms with Crippen LogP contribution in [0, 0.1) is 0 Å². The predicted octanol–water partition coefficient (Wildman–Crippen LogP) is 0.202. The molecule has 2 N–H and O–H groups in total. The lowest BCUT2D eigenvalue weighted by Crippen LogP contribution is -2.40. The van der Waals surface area contributed by atoms with Crippen molar-refractivity contribution < 1.29 is 5.11 Å². The molecule has 0 aromatic carbocycles. The highest BCUT2D eigenvalue weighted by molar-refractivity contribution is 4.95. The number of aliphatic hydroxyl groups is 1. The smallest absolute Gasteiger partial charge is 0.122 e. The maximum Gasteiger partial charge on any atom is 0.122 e. The Labute approximate surface area is 108 Å². The molecule has 2 aliphatic rings. The largest absolute Gasteiger partial charge is 0.395 e. The number of hydrogen-bond acceptors (Lipinski definition) is 4. The van der Waals surface area contributed by atoms with Gasteiger partial charge in [-0.05, 0) is 19.3 Å². The van der Waals surface area contributed by atoms with Gasteiger partial charge in [-0.25, -0.2) is 4.98 Å². The fourth-order valence-electron chi connectivity index (χ4n) is 2.56. The monoisotopic (exact) mass is 250 g/mol. The Balaban J connectivity index is 1.45. The molecule has 0 amide bonds. The maximum atomic E-state index is 9.36. The lowest BCUT2D eigenvalue weighted by atomic mass is 10.2. The van der Waals surface area contributed by atoms with Crippen molar-refractivity contribution in [3.05, 3.63) is 18.2 Å². The van der Waals surface area contributed by atoms with Crippen LogP contribution in [0.1, 0.15) is 25.1 Å². The average molecular weight is 250 g/mol. The van der Waals surface area contributed by atoms with E-state index in [1.807, 2.05) is 6.20 Å². The fourth-order valence-corrected chi connectivity index (χ4v) is 2.56.